The van der Waals surface area contributed by atoms with Crippen LogP contribution in [0.25, 0.3) is 0 Å². The van der Waals surface area contributed by atoms with Crippen LogP contribution in [0, 0.1) is 6.92 Å². The van der Waals surface area contributed by atoms with Crippen molar-refractivity contribution in [2.24, 2.45) is 0 Å². The molecule has 0 atom stereocenters. The summed E-state index contributed by atoms with van der Waals surface area (Å²) in [5, 5.41) is 2.66. The molecule has 0 saturated heterocycles. The summed E-state index contributed by atoms with van der Waals surface area (Å²) in [5.41, 5.74) is 1.76. The highest BCUT2D eigenvalue weighted by molar-refractivity contribution is 5.50. The van der Waals surface area contributed by atoms with Gasteiger partial charge in [0.05, 0.1) is 6.54 Å². The monoisotopic (exact) mass is 171 g/mol. The fourth-order valence-corrected chi connectivity index (χ4v) is 0.958. The number of hydrogen-bond acceptors (Lipinski definition) is 1. The number of aryl methyl sites for hydroxylation is 1. The van der Waals surface area contributed by atoms with Gasteiger partial charge in [-0.3, -0.25) is 0 Å². The highest BCUT2D eigenvalue weighted by atomic mass is 19.3. The zero-order chi connectivity index (χ0) is 8.97. The smallest absolute Gasteiger partial charge is 0.255 e. The largest absolute Gasteiger partial charge is 0.379 e. The molecule has 0 bridgehead atoms. The summed E-state index contributed by atoms with van der Waals surface area (Å²) in [5.74, 6) is 0. The van der Waals surface area contributed by atoms with E-state index in [4.69, 9.17) is 0 Å². The van der Waals surface area contributed by atoms with Crippen molar-refractivity contribution >= 4 is 5.69 Å². The SMILES string of the molecule is Cc1ccccc1NCC(F)F. The molecule has 66 valence electrons. The standard InChI is InChI=1S/C9H11F2N/c1-7-4-2-3-5-8(7)12-6-9(10)11/h2-5,9,12H,6H2,1H3. The van der Waals surface area contributed by atoms with Gasteiger partial charge in [0.25, 0.3) is 6.43 Å². The van der Waals surface area contributed by atoms with Crippen molar-refractivity contribution in [1.82, 2.24) is 0 Å². The maximum absolute atomic E-state index is 11.8. The third-order valence-electron chi connectivity index (χ3n) is 1.59. The summed E-state index contributed by atoms with van der Waals surface area (Å²) in [6, 6.07) is 7.37. The van der Waals surface area contributed by atoms with Crippen LogP contribution >= 0.6 is 0 Å². The Bertz CT molecular complexity index is 248. The van der Waals surface area contributed by atoms with Gasteiger partial charge in [0.2, 0.25) is 0 Å². The Labute approximate surface area is 70.4 Å². The third-order valence-corrected chi connectivity index (χ3v) is 1.59. The Morgan fingerprint density at radius 1 is 1.33 bits per heavy atom. The van der Waals surface area contributed by atoms with E-state index in [-0.39, 0.29) is 6.54 Å². The lowest BCUT2D eigenvalue weighted by Gasteiger charge is -2.07. The minimum Gasteiger partial charge on any atom is -0.379 e. The second kappa shape index (κ2) is 4.04. The normalized spacial score (nSPS) is 10.3. The summed E-state index contributed by atoms with van der Waals surface area (Å²) >= 11 is 0. The first-order valence-corrected chi connectivity index (χ1v) is 3.78. The van der Waals surface area contributed by atoms with E-state index in [0.29, 0.717) is 0 Å². The zero-order valence-corrected chi connectivity index (χ0v) is 6.85. The molecular weight excluding hydrogens is 160 g/mol. The van der Waals surface area contributed by atoms with Crippen molar-refractivity contribution in [2.75, 3.05) is 11.9 Å². The quantitative estimate of drug-likeness (QED) is 0.737. The second-order valence-corrected chi connectivity index (χ2v) is 2.59. The second-order valence-electron chi connectivity index (χ2n) is 2.59. The number of nitrogens with one attached hydrogen (secondary N) is 1. The van der Waals surface area contributed by atoms with Gasteiger partial charge in [-0.25, -0.2) is 8.78 Å². The van der Waals surface area contributed by atoms with Gasteiger partial charge < -0.3 is 5.32 Å². The Hall–Kier alpha value is -1.12. The van der Waals surface area contributed by atoms with Gasteiger partial charge in [-0.05, 0) is 18.6 Å². The fraction of sp³-hybridized carbons (Fsp3) is 0.333. The average Bonchev–Trinajstić information content (AvgIpc) is 2.03. The topological polar surface area (TPSA) is 12.0 Å². The number of benzene rings is 1. The van der Waals surface area contributed by atoms with Crippen molar-refractivity contribution in [3.8, 4) is 0 Å². The minimum atomic E-state index is -2.30. The van der Waals surface area contributed by atoms with Crippen LogP contribution in [-0.4, -0.2) is 13.0 Å². The summed E-state index contributed by atoms with van der Waals surface area (Å²) in [6.07, 6.45) is -2.30. The number of halogens is 2. The van der Waals surface area contributed by atoms with Crippen molar-refractivity contribution in [1.29, 1.82) is 0 Å². The molecule has 0 aliphatic carbocycles. The highest BCUT2D eigenvalue weighted by Gasteiger charge is 2.02. The molecule has 0 amide bonds. The van der Waals surface area contributed by atoms with E-state index in [1.807, 2.05) is 25.1 Å². The number of para-hydroxylation sites is 1. The van der Waals surface area contributed by atoms with Gasteiger partial charge in [-0.15, -0.1) is 0 Å². The van der Waals surface area contributed by atoms with E-state index < -0.39 is 6.43 Å². The molecule has 12 heavy (non-hydrogen) atoms. The Balaban J connectivity index is 2.57. The zero-order valence-electron chi connectivity index (χ0n) is 6.85. The molecule has 1 N–H and O–H groups in total. The first kappa shape index (κ1) is 8.97. The van der Waals surface area contributed by atoms with Gasteiger partial charge >= 0.3 is 0 Å². The van der Waals surface area contributed by atoms with Crippen molar-refractivity contribution in [3.05, 3.63) is 29.8 Å². The van der Waals surface area contributed by atoms with Crippen LogP contribution in [0.5, 0.6) is 0 Å². The summed E-state index contributed by atoms with van der Waals surface area (Å²) < 4.78 is 23.6. The van der Waals surface area contributed by atoms with E-state index in [2.05, 4.69) is 5.32 Å². The molecule has 0 saturated carbocycles. The van der Waals surface area contributed by atoms with Gasteiger partial charge in [-0.2, -0.15) is 0 Å². The predicted octanol–water partition coefficient (Wildman–Crippen LogP) is 2.67. The molecule has 0 aliphatic rings. The molecule has 1 aromatic rings. The third kappa shape index (κ3) is 2.49. The molecule has 0 aliphatic heterocycles. The average molecular weight is 171 g/mol. The molecule has 0 radical (unpaired) electrons. The fourth-order valence-electron chi connectivity index (χ4n) is 0.958. The lowest BCUT2D eigenvalue weighted by molar-refractivity contribution is 0.163. The van der Waals surface area contributed by atoms with Crippen molar-refractivity contribution in [3.63, 3.8) is 0 Å². The lowest BCUT2D eigenvalue weighted by atomic mass is 10.2. The highest BCUT2D eigenvalue weighted by Crippen LogP contribution is 2.13. The summed E-state index contributed by atoms with van der Waals surface area (Å²) in [6.45, 7) is 1.60. The molecule has 0 fully saturated rings. The van der Waals surface area contributed by atoms with Crippen molar-refractivity contribution in [2.45, 2.75) is 13.3 Å². The molecular formula is C9H11F2N. The van der Waals surface area contributed by atoms with Gasteiger partial charge in [0.1, 0.15) is 0 Å². The Kier molecular flexibility index (Phi) is 3.02. The number of rotatable bonds is 3. The molecule has 0 spiro atoms. The number of anilines is 1. The van der Waals surface area contributed by atoms with Crippen LogP contribution < -0.4 is 5.32 Å². The first-order valence-electron chi connectivity index (χ1n) is 3.78. The molecule has 1 rings (SSSR count). The molecule has 0 heterocycles. The molecule has 1 nitrogen and oxygen atoms in total. The summed E-state index contributed by atoms with van der Waals surface area (Å²) in [4.78, 5) is 0. The van der Waals surface area contributed by atoms with Gasteiger partial charge in [0, 0.05) is 5.69 Å². The maximum Gasteiger partial charge on any atom is 0.255 e. The molecule has 0 unspecified atom stereocenters. The van der Waals surface area contributed by atoms with E-state index in [9.17, 15) is 8.78 Å². The minimum absolute atomic E-state index is 0.287. The first-order chi connectivity index (χ1) is 5.70. The van der Waals surface area contributed by atoms with Crippen LogP contribution in [0.1, 0.15) is 5.56 Å². The number of alkyl halides is 2. The van der Waals surface area contributed by atoms with Crippen LogP contribution in [0.2, 0.25) is 0 Å². The van der Waals surface area contributed by atoms with Crippen LogP contribution in [0.4, 0.5) is 14.5 Å². The van der Waals surface area contributed by atoms with E-state index in [0.717, 1.165) is 11.3 Å². The molecule has 0 aromatic heterocycles. The number of hydrogen-bond donors (Lipinski definition) is 1. The van der Waals surface area contributed by atoms with Crippen LogP contribution in [0.15, 0.2) is 24.3 Å². The van der Waals surface area contributed by atoms with Crippen molar-refractivity contribution < 1.29 is 8.78 Å². The predicted molar refractivity (Wildman–Crippen MR) is 45.7 cm³/mol. The van der Waals surface area contributed by atoms with E-state index >= 15 is 0 Å². The van der Waals surface area contributed by atoms with Crippen LogP contribution in [0.3, 0.4) is 0 Å². The molecule has 1 aromatic carbocycles. The van der Waals surface area contributed by atoms with E-state index in [1.54, 1.807) is 6.07 Å². The Morgan fingerprint density at radius 3 is 2.58 bits per heavy atom. The van der Waals surface area contributed by atoms with E-state index in [1.165, 1.54) is 0 Å². The molecule has 3 heteroatoms. The van der Waals surface area contributed by atoms with Gasteiger partial charge in [0.15, 0.2) is 0 Å². The Morgan fingerprint density at radius 2 is 2.00 bits per heavy atom. The maximum atomic E-state index is 11.8. The summed E-state index contributed by atoms with van der Waals surface area (Å²) in [7, 11) is 0. The van der Waals surface area contributed by atoms with Crippen LogP contribution in [-0.2, 0) is 0 Å². The van der Waals surface area contributed by atoms with Gasteiger partial charge in [-0.1, -0.05) is 18.2 Å². The lowest BCUT2D eigenvalue weighted by Crippen LogP contribution is -2.10.